The van der Waals surface area contributed by atoms with E-state index in [-0.39, 0.29) is 23.4 Å². The monoisotopic (exact) mass is 615 g/mol. The molecule has 0 bridgehead atoms. The highest BCUT2D eigenvalue weighted by Crippen LogP contribution is 2.46. The predicted molar refractivity (Wildman–Crippen MR) is 173 cm³/mol. The summed E-state index contributed by atoms with van der Waals surface area (Å²) in [7, 11) is -3.76. The van der Waals surface area contributed by atoms with E-state index in [4.69, 9.17) is 4.98 Å². The Morgan fingerprint density at radius 2 is 1.62 bits per heavy atom. The average molecular weight is 616 g/mol. The number of anilines is 1. The largest absolute Gasteiger partial charge is 0.313 e. The number of nitrogens with zero attached hydrogens (tertiary/aromatic N) is 2. The minimum Gasteiger partial charge on any atom is -0.313 e. The van der Waals surface area contributed by atoms with Crippen LogP contribution in [0.25, 0.3) is 20.8 Å². The summed E-state index contributed by atoms with van der Waals surface area (Å²) in [4.78, 5) is 19.9. The number of hydrogen-bond donors (Lipinski definition) is 1. The average Bonchev–Trinajstić information content (AvgIpc) is 3.48. The van der Waals surface area contributed by atoms with E-state index in [1.165, 1.54) is 33.3 Å². The van der Waals surface area contributed by atoms with Gasteiger partial charge in [0, 0.05) is 28.6 Å². The van der Waals surface area contributed by atoms with E-state index in [9.17, 15) is 13.2 Å². The van der Waals surface area contributed by atoms with Crippen LogP contribution in [0.5, 0.6) is 0 Å². The molecular formula is C33H33N3O3S3. The number of fused-ring (bicyclic) bond motifs is 2. The molecular weight excluding hydrogens is 583 g/mol. The molecule has 1 aliphatic rings. The van der Waals surface area contributed by atoms with Gasteiger partial charge in [0.05, 0.1) is 15.1 Å². The van der Waals surface area contributed by atoms with Gasteiger partial charge in [0.15, 0.2) is 0 Å². The summed E-state index contributed by atoms with van der Waals surface area (Å²) in [6.45, 7) is 4.02. The summed E-state index contributed by atoms with van der Waals surface area (Å²) in [5.74, 6) is -0.261. The molecule has 6 rings (SSSR count). The van der Waals surface area contributed by atoms with Crippen LogP contribution in [0.15, 0.2) is 83.8 Å². The van der Waals surface area contributed by atoms with E-state index in [0.29, 0.717) is 5.56 Å². The van der Waals surface area contributed by atoms with E-state index in [2.05, 4.69) is 11.4 Å². The Morgan fingerprint density at radius 1 is 0.905 bits per heavy atom. The Balaban J connectivity index is 1.28. The van der Waals surface area contributed by atoms with Gasteiger partial charge in [-0.05, 0) is 87.1 Å². The molecule has 3 aromatic carbocycles. The van der Waals surface area contributed by atoms with Crippen LogP contribution in [0.2, 0.25) is 0 Å². The lowest BCUT2D eigenvalue weighted by atomic mass is 10.1. The van der Waals surface area contributed by atoms with E-state index in [1.54, 1.807) is 34.8 Å². The summed E-state index contributed by atoms with van der Waals surface area (Å²) in [5, 5.41) is 4.91. The maximum absolute atomic E-state index is 13.6. The number of thiophene rings is 1. The number of carbonyl (C=O) groups is 1. The number of sulfonamides is 1. The van der Waals surface area contributed by atoms with E-state index in [1.807, 2.05) is 62.4 Å². The van der Waals surface area contributed by atoms with Crippen LogP contribution in [0.1, 0.15) is 59.5 Å². The summed E-state index contributed by atoms with van der Waals surface area (Å²) < 4.78 is 29.8. The smallest absolute Gasteiger partial charge is 0.256 e. The fraction of sp³-hybridized carbons (Fsp3) is 0.273. The maximum Gasteiger partial charge on any atom is 0.256 e. The first kappa shape index (κ1) is 28.7. The van der Waals surface area contributed by atoms with Gasteiger partial charge in [-0.3, -0.25) is 4.79 Å². The lowest BCUT2D eigenvalue weighted by molar-refractivity contribution is 0.102. The Hall–Kier alpha value is -3.37. The molecule has 0 saturated heterocycles. The van der Waals surface area contributed by atoms with Gasteiger partial charge in [0.25, 0.3) is 5.91 Å². The Bertz CT molecular complexity index is 1790. The molecule has 1 aliphatic carbocycles. The highest BCUT2D eigenvalue weighted by molar-refractivity contribution is 7.89. The van der Waals surface area contributed by atoms with Crippen molar-refractivity contribution in [2.75, 3.05) is 5.32 Å². The molecule has 2 aromatic heterocycles. The van der Waals surface area contributed by atoms with Crippen molar-refractivity contribution in [3.8, 4) is 10.6 Å². The first-order valence-electron chi connectivity index (χ1n) is 14.3. The number of thiazole rings is 1. The van der Waals surface area contributed by atoms with Crippen molar-refractivity contribution in [2.45, 2.75) is 63.4 Å². The molecule has 0 aliphatic heterocycles. The second-order valence-electron chi connectivity index (χ2n) is 10.9. The van der Waals surface area contributed by atoms with Crippen LogP contribution >= 0.6 is 22.7 Å². The fourth-order valence-electron chi connectivity index (χ4n) is 5.43. The number of aromatic nitrogens is 1. The number of para-hydroxylation sites is 1. The number of nitrogens with one attached hydrogen (secondary N) is 1. The van der Waals surface area contributed by atoms with Crippen molar-refractivity contribution in [2.24, 2.45) is 0 Å². The van der Waals surface area contributed by atoms with Gasteiger partial charge in [0.2, 0.25) is 10.0 Å². The summed E-state index contributed by atoms with van der Waals surface area (Å²) >= 11 is 3.31. The highest BCUT2D eigenvalue weighted by Gasteiger charge is 2.28. The molecule has 0 radical (unpaired) electrons. The lowest BCUT2D eigenvalue weighted by Gasteiger charge is -2.26. The maximum atomic E-state index is 13.6. The zero-order valence-corrected chi connectivity index (χ0v) is 26.1. The third kappa shape index (κ3) is 5.79. The van der Waals surface area contributed by atoms with E-state index in [0.717, 1.165) is 57.0 Å². The zero-order chi connectivity index (χ0) is 29.3. The number of benzene rings is 3. The van der Waals surface area contributed by atoms with Crippen LogP contribution in [0.4, 0.5) is 5.00 Å². The van der Waals surface area contributed by atoms with E-state index < -0.39 is 10.0 Å². The van der Waals surface area contributed by atoms with Crippen molar-refractivity contribution in [3.63, 3.8) is 0 Å². The van der Waals surface area contributed by atoms with E-state index >= 15 is 0 Å². The normalized spacial score (nSPS) is 13.8. The summed E-state index contributed by atoms with van der Waals surface area (Å²) in [6.07, 6.45) is 5.47. The van der Waals surface area contributed by atoms with Gasteiger partial charge in [-0.2, -0.15) is 4.31 Å². The molecule has 1 N–H and O–H groups in total. The van der Waals surface area contributed by atoms with Crippen LogP contribution in [-0.2, 0) is 29.4 Å². The van der Waals surface area contributed by atoms with Crippen molar-refractivity contribution < 1.29 is 13.2 Å². The van der Waals surface area contributed by atoms with Crippen molar-refractivity contribution in [1.82, 2.24) is 9.29 Å². The van der Waals surface area contributed by atoms with Crippen LogP contribution < -0.4 is 5.32 Å². The number of carbonyl (C=O) groups excluding carboxylic acids is 1. The second-order valence-corrected chi connectivity index (χ2v) is 14.9. The molecule has 0 fully saturated rings. The molecule has 42 heavy (non-hydrogen) atoms. The first-order valence-corrected chi connectivity index (χ1v) is 17.4. The third-order valence-electron chi connectivity index (χ3n) is 7.64. The first-order chi connectivity index (χ1) is 20.3. The fourth-order valence-corrected chi connectivity index (χ4v) is 9.45. The van der Waals surface area contributed by atoms with Gasteiger partial charge >= 0.3 is 0 Å². The SMILES string of the molecule is CC(C)N(Cc1ccccc1)S(=O)(=O)c1ccc(C(=O)Nc2sc3c(c2-c2nc4ccccc4s2)CCCCC3)cc1. The Kier molecular flexibility index (Phi) is 8.27. The van der Waals surface area contributed by atoms with Crippen molar-refractivity contribution in [1.29, 1.82) is 0 Å². The molecule has 216 valence electrons. The number of hydrogen-bond acceptors (Lipinski definition) is 6. The Morgan fingerprint density at radius 3 is 2.36 bits per heavy atom. The molecule has 0 atom stereocenters. The topological polar surface area (TPSA) is 79.4 Å². The molecule has 1 amide bonds. The second kappa shape index (κ2) is 12.1. The van der Waals surface area contributed by atoms with Crippen LogP contribution in [0, 0.1) is 0 Å². The van der Waals surface area contributed by atoms with Gasteiger partial charge in [0.1, 0.15) is 10.0 Å². The molecule has 2 heterocycles. The van der Waals surface area contributed by atoms with Crippen molar-refractivity contribution in [3.05, 3.63) is 100 Å². The number of aryl methyl sites for hydroxylation is 1. The minimum absolute atomic E-state index is 0.168. The highest BCUT2D eigenvalue weighted by atomic mass is 32.2. The summed E-state index contributed by atoms with van der Waals surface area (Å²) in [6, 6.07) is 23.7. The molecule has 5 aromatic rings. The van der Waals surface area contributed by atoms with Gasteiger partial charge in [-0.1, -0.05) is 48.9 Å². The summed E-state index contributed by atoms with van der Waals surface area (Å²) in [5.41, 5.74) is 4.64. The molecule has 9 heteroatoms. The van der Waals surface area contributed by atoms with Crippen LogP contribution in [-0.4, -0.2) is 29.7 Å². The lowest BCUT2D eigenvalue weighted by Crippen LogP contribution is -2.36. The van der Waals surface area contributed by atoms with Crippen molar-refractivity contribution >= 4 is 53.8 Å². The predicted octanol–water partition coefficient (Wildman–Crippen LogP) is 8.15. The molecule has 0 unspecified atom stereocenters. The molecule has 0 saturated carbocycles. The Labute approximate surface area is 255 Å². The van der Waals surface area contributed by atoms with Gasteiger partial charge in [-0.25, -0.2) is 13.4 Å². The number of rotatable bonds is 8. The molecule has 0 spiro atoms. The van der Waals surface area contributed by atoms with Gasteiger partial charge < -0.3 is 5.32 Å². The quantitative estimate of drug-likeness (QED) is 0.179. The van der Waals surface area contributed by atoms with Crippen LogP contribution in [0.3, 0.4) is 0 Å². The molecule has 6 nitrogen and oxygen atoms in total. The standard InChI is InChI=1S/C33H33N3O3S3/c1-22(2)36(21-23-11-5-3-6-12-23)42(38,39)25-19-17-24(18-20-25)31(37)35-33-30(26-13-7-4-8-15-28(26)40-33)32-34-27-14-9-10-16-29(27)41-32/h3,5-6,9-12,14,16-20,22H,4,7-8,13,15,21H2,1-2H3,(H,35,37). The number of amides is 1. The zero-order valence-electron chi connectivity index (χ0n) is 23.7. The minimum atomic E-state index is -3.76. The van der Waals surface area contributed by atoms with Gasteiger partial charge in [-0.15, -0.1) is 22.7 Å². The third-order valence-corrected chi connectivity index (χ3v) is 11.9.